The normalized spacial score (nSPS) is 23.9. The lowest BCUT2D eigenvalue weighted by atomic mass is 9.82. The topological polar surface area (TPSA) is 91.8 Å². The van der Waals surface area contributed by atoms with E-state index in [0.29, 0.717) is 19.4 Å². The van der Waals surface area contributed by atoms with Crippen LogP contribution in [0.5, 0.6) is 0 Å². The van der Waals surface area contributed by atoms with E-state index in [1.165, 1.54) is 4.90 Å². The van der Waals surface area contributed by atoms with Crippen molar-refractivity contribution in [2.24, 2.45) is 11.3 Å². The predicted molar refractivity (Wildman–Crippen MR) is 75.0 cm³/mol. The highest BCUT2D eigenvalue weighted by molar-refractivity contribution is 7.92. The second-order valence-corrected chi connectivity index (χ2v) is 8.34. The summed E-state index contributed by atoms with van der Waals surface area (Å²) in [6, 6.07) is 0. The number of carbonyl (C=O) groups excluding carboxylic acids is 1. The zero-order chi connectivity index (χ0) is 15.6. The predicted octanol–water partition coefficient (Wildman–Crippen LogP) is 0.770. The molecule has 0 aliphatic carbocycles. The van der Waals surface area contributed by atoms with Gasteiger partial charge in [0.1, 0.15) is 5.75 Å². The van der Waals surface area contributed by atoms with Crippen molar-refractivity contribution >= 4 is 21.7 Å². The van der Waals surface area contributed by atoms with Gasteiger partial charge in [-0.1, -0.05) is 13.8 Å². The molecular formula is C13H23NO5S. The summed E-state index contributed by atoms with van der Waals surface area (Å²) in [6.45, 7) is 5.67. The highest BCUT2D eigenvalue weighted by atomic mass is 32.2. The zero-order valence-electron chi connectivity index (χ0n) is 12.3. The molecule has 20 heavy (non-hydrogen) atoms. The third-order valence-electron chi connectivity index (χ3n) is 3.50. The molecule has 116 valence electrons. The van der Waals surface area contributed by atoms with Crippen molar-refractivity contribution in [2.75, 3.05) is 24.6 Å². The lowest BCUT2D eigenvalue weighted by Gasteiger charge is -2.37. The maximum absolute atomic E-state index is 12.1. The van der Waals surface area contributed by atoms with Crippen LogP contribution in [0.4, 0.5) is 0 Å². The first-order valence-corrected chi connectivity index (χ1v) is 8.59. The third-order valence-corrected chi connectivity index (χ3v) is 5.36. The van der Waals surface area contributed by atoms with Crippen LogP contribution in [0.25, 0.3) is 0 Å². The lowest BCUT2D eigenvalue weighted by molar-refractivity contribution is -0.153. The minimum absolute atomic E-state index is 0.0250. The number of piperidine rings is 1. The lowest BCUT2D eigenvalue weighted by Crippen LogP contribution is -2.50. The van der Waals surface area contributed by atoms with Crippen molar-refractivity contribution in [3.63, 3.8) is 0 Å². The summed E-state index contributed by atoms with van der Waals surface area (Å²) in [6.07, 6.45) is 1.09. The molecule has 1 fully saturated rings. The Labute approximate surface area is 120 Å². The van der Waals surface area contributed by atoms with E-state index in [4.69, 9.17) is 0 Å². The number of carboxylic acid groups (broad SMARTS) is 1. The molecule has 6 nitrogen and oxygen atoms in total. The van der Waals surface area contributed by atoms with E-state index in [2.05, 4.69) is 0 Å². The van der Waals surface area contributed by atoms with Gasteiger partial charge >= 0.3 is 5.97 Å². The summed E-state index contributed by atoms with van der Waals surface area (Å²) in [5, 5.41) is 9.19. The molecular weight excluding hydrogens is 282 g/mol. The Morgan fingerprint density at radius 2 is 1.95 bits per heavy atom. The number of amides is 1. The van der Waals surface area contributed by atoms with Crippen LogP contribution in [0.15, 0.2) is 0 Å². The van der Waals surface area contributed by atoms with Crippen molar-refractivity contribution in [1.29, 1.82) is 0 Å². The largest absolute Gasteiger partial charge is 0.481 e. The number of aliphatic carboxylic acids is 1. The van der Waals surface area contributed by atoms with Gasteiger partial charge in [-0.2, -0.15) is 0 Å². The first kappa shape index (κ1) is 16.9. The highest BCUT2D eigenvalue weighted by Gasteiger charge is 2.39. The van der Waals surface area contributed by atoms with Crippen LogP contribution in [-0.4, -0.2) is 54.9 Å². The van der Waals surface area contributed by atoms with Crippen molar-refractivity contribution in [2.45, 2.75) is 33.6 Å². The number of likely N-dealkylation sites (tertiary alicyclic amines) is 1. The highest BCUT2D eigenvalue weighted by Crippen LogP contribution is 2.29. The minimum Gasteiger partial charge on any atom is -0.481 e. The molecule has 0 saturated carbocycles. The molecule has 1 amide bonds. The van der Waals surface area contributed by atoms with Gasteiger partial charge in [-0.05, 0) is 25.7 Å². The molecule has 0 aromatic heterocycles. The van der Waals surface area contributed by atoms with Gasteiger partial charge in [0.25, 0.3) is 0 Å². The number of rotatable bonds is 5. The summed E-state index contributed by atoms with van der Waals surface area (Å²) in [7, 11) is -3.43. The molecule has 7 heteroatoms. The van der Waals surface area contributed by atoms with Gasteiger partial charge in [-0.3, -0.25) is 9.59 Å². The fourth-order valence-electron chi connectivity index (χ4n) is 2.47. The maximum atomic E-state index is 12.1. The number of hydrogen-bond donors (Lipinski definition) is 1. The van der Waals surface area contributed by atoms with Crippen molar-refractivity contribution in [3.05, 3.63) is 0 Å². The summed E-state index contributed by atoms with van der Waals surface area (Å²) in [5.74, 6) is -2.01. The van der Waals surface area contributed by atoms with Crippen molar-refractivity contribution in [1.82, 2.24) is 4.90 Å². The first-order chi connectivity index (χ1) is 9.06. The van der Waals surface area contributed by atoms with Crippen LogP contribution in [0.2, 0.25) is 0 Å². The van der Waals surface area contributed by atoms with Crippen LogP contribution in [0.3, 0.4) is 0 Å². The van der Waals surface area contributed by atoms with Gasteiger partial charge in [0.15, 0.2) is 9.84 Å². The van der Waals surface area contributed by atoms with Gasteiger partial charge in [-0.25, -0.2) is 8.42 Å². The van der Waals surface area contributed by atoms with Crippen LogP contribution >= 0.6 is 0 Å². The molecule has 1 saturated heterocycles. The monoisotopic (exact) mass is 305 g/mol. The van der Waals surface area contributed by atoms with E-state index in [1.807, 2.05) is 0 Å². The Hall–Kier alpha value is -1.11. The van der Waals surface area contributed by atoms with Crippen LogP contribution in [0, 0.1) is 11.3 Å². The quantitative estimate of drug-likeness (QED) is 0.810. The molecule has 1 aliphatic heterocycles. The summed E-state index contributed by atoms with van der Waals surface area (Å²) in [4.78, 5) is 24.6. The van der Waals surface area contributed by atoms with Crippen LogP contribution < -0.4 is 0 Å². The van der Waals surface area contributed by atoms with Crippen LogP contribution in [-0.2, 0) is 19.4 Å². The maximum Gasteiger partial charge on any atom is 0.311 e. The summed E-state index contributed by atoms with van der Waals surface area (Å²) < 4.78 is 23.7. The van der Waals surface area contributed by atoms with Gasteiger partial charge in [0, 0.05) is 13.1 Å². The second-order valence-electron chi connectivity index (χ2n) is 6.23. The average molecular weight is 305 g/mol. The Morgan fingerprint density at radius 3 is 2.45 bits per heavy atom. The molecule has 1 aliphatic rings. The molecule has 1 atom stereocenters. The van der Waals surface area contributed by atoms with Gasteiger partial charge < -0.3 is 10.0 Å². The number of carbonyl (C=O) groups is 2. The third kappa shape index (κ3) is 4.47. The van der Waals surface area contributed by atoms with Gasteiger partial charge in [-0.15, -0.1) is 0 Å². The molecule has 1 N–H and O–H groups in total. The van der Waals surface area contributed by atoms with Crippen LogP contribution in [0.1, 0.15) is 33.6 Å². The van der Waals surface area contributed by atoms with Gasteiger partial charge in [0.2, 0.25) is 5.91 Å². The van der Waals surface area contributed by atoms with Gasteiger partial charge in [0.05, 0.1) is 11.2 Å². The second kappa shape index (κ2) is 6.11. The van der Waals surface area contributed by atoms with Crippen molar-refractivity contribution < 1.29 is 23.1 Å². The molecule has 0 aromatic rings. The summed E-state index contributed by atoms with van der Waals surface area (Å²) in [5.41, 5.74) is -0.976. The minimum atomic E-state index is -3.43. The fourth-order valence-corrected chi connectivity index (χ4v) is 4.17. The fraction of sp³-hybridized carbons (Fsp3) is 0.846. The standard InChI is InChI=1S/C13H23NO5S/c1-10(2)7-20(18,19)8-11(15)14-6-4-5-13(3,9-14)12(16)17/h10H,4-9H2,1-3H3,(H,16,17). The molecule has 0 aromatic carbocycles. The molecule has 1 rings (SSSR count). The Balaban J connectivity index is 2.71. The number of carboxylic acids is 1. The Kier molecular flexibility index (Phi) is 5.18. The van der Waals surface area contributed by atoms with E-state index < -0.39 is 32.9 Å². The number of hydrogen-bond acceptors (Lipinski definition) is 4. The van der Waals surface area contributed by atoms with E-state index in [1.54, 1.807) is 20.8 Å². The first-order valence-electron chi connectivity index (χ1n) is 6.77. The molecule has 1 unspecified atom stereocenters. The number of nitrogens with zero attached hydrogens (tertiary/aromatic N) is 1. The van der Waals surface area contributed by atoms with E-state index in [9.17, 15) is 23.1 Å². The molecule has 0 spiro atoms. The van der Waals surface area contributed by atoms with E-state index in [0.717, 1.165) is 0 Å². The molecule has 0 bridgehead atoms. The summed E-state index contributed by atoms with van der Waals surface area (Å²) >= 11 is 0. The Morgan fingerprint density at radius 1 is 1.35 bits per heavy atom. The zero-order valence-corrected chi connectivity index (χ0v) is 13.1. The van der Waals surface area contributed by atoms with E-state index >= 15 is 0 Å². The number of sulfone groups is 1. The molecule has 0 radical (unpaired) electrons. The van der Waals surface area contributed by atoms with E-state index in [-0.39, 0.29) is 18.2 Å². The smallest absolute Gasteiger partial charge is 0.311 e. The van der Waals surface area contributed by atoms with Crippen molar-refractivity contribution in [3.8, 4) is 0 Å². The SMILES string of the molecule is CC(C)CS(=O)(=O)CC(=O)N1CCCC(C)(C(=O)O)C1. The average Bonchev–Trinajstić information content (AvgIpc) is 2.26. The Bertz CT molecular complexity index is 485. The molecule has 1 heterocycles.